The Morgan fingerprint density at radius 1 is 1.33 bits per heavy atom. The van der Waals surface area contributed by atoms with Crippen molar-refractivity contribution < 1.29 is 19.4 Å². The minimum Gasteiger partial charge on any atom is -0.480 e. The number of aliphatic carboxylic acids is 1. The molecule has 150 valence electrons. The molecular formula is C20H29ClN2O4. The molecule has 0 fully saturated rings. The predicted molar refractivity (Wildman–Crippen MR) is 105 cm³/mol. The molecule has 6 nitrogen and oxygen atoms in total. The van der Waals surface area contributed by atoms with Crippen LogP contribution in [0.2, 0.25) is 5.02 Å². The second kappa shape index (κ2) is 9.42. The molecule has 0 saturated carbocycles. The minimum absolute atomic E-state index is 0.0844. The summed E-state index contributed by atoms with van der Waals surface area (Å²) in [6.07, 6.45) is -0.0273. The molecule has 0 saturated heterocycles. The lowest BCUT2D eigenvalue weighted by atomic mass is 10.0. The first-order chi connectivity index (χ1) is 12.8. The lowest BCUT2D eigenvalue weighted by Crippen LogP contribution is -2.46. The number of hydrogen-bond donors (Lipinski definition) is 1. The number of fused-ring (bicyclic) bond motifs is 1. The number of hydrogen-bond acceptors (Lipinski definition) is 4. The normalized spacial score (nSPS) is 19.8. The Bertz CT molecular complexity index is 676. The molecular weight excluding hydrogens is 368 g/mol. The summed E-state index contributed by atoms with van der Waals surface area (Å²) in [4.78, 5) is 29.0. The van der Waals surface area contributed by atoms with Gasteiger partial charge in [0.2, 0.25) is 0 Å². The van der Waals surface area contributed by atoms with Crippen molar-refractivity contribution in [2.45, 2.75) is 46.3 Å². The van der Waals surface area contributed by atoms with Crippen LogP contribution in [-0.2, 0) is 9.59 Å². The van der Waals surface area contributed by atoms with Crippen molar-refractivity contribution in [3.63, 3.8) is 0 Å². The van der Waals surface area contributed by atoms with Crippen LogP contribution in [0.1, 0.15) is 45.7 Å². The highest BCUT2D eigenvalue weighted by Crippen LogP contribution is 2.37. The largest absolute Gasteiger partial charge is 0.480 e. The standard InChI is InChI=1S/C20H29ClN2O4/c1-5-22(6-2)10-7-11-23-17(20(25)26)15-12-14(21)8-9-16(15)27-18(13(3)4)19(23)24/h8-9,12-13,17-18H,5-7,10-11H2,1-4H3,(H,25,26). The van der Waals surface area contributed by atoms with Crippen molar-refractivity contribution in [3.8, 4) is 5.75 Å². The summed E-state index contributed by atoms with van der Waals surface area (Å²) >= 11 is 6.11. The van der Waals surface area contributed by atoms with Crippen LogP contribution in [0.4, 0.5) is 0 Å². The Morgan fingerprint density at radius 3 is 2.56 bits per heavy atom. The average Bonchev–Trinajstić information content (AvgIpc) is 2.73. The van der Waals surface area contributed by atoms with Crippen molar-refractivity contribution in [2.24, 2.45) is 5.92 Å². The van der Waals surface area contributed by atoms with Gasteiger partial charge in [-0.3, -0.25) is 4.79 Å². The maximum atomic E-state index is 13.2. The van der Waals surface area contributed by atoms with Gasteiger partial charge in [-0.2, -0.15) is 0 Å². The Hall–Kier alpha value is -1.79. The molecule has 2 rings (SSSR count). The van der Waals surface area contributed by atoms with Crippen LogP contribution in [0.15, 0.2) is 18.2 Å². The quantitative estimate of drug-likeness (QED) is 0.728. The van der Waals surface area contributed by atoms with Gasteiger partial charge < -0.3 is 19.6 Å². The van der Waals surface area contributed by atoms with E-state index in [2.05, 4.69) is 18.7 Å². The molecule has 0 aromatic heterocycles. The number of carbonyl (C=O) groups excluding carboxylic acids is 1. The third kappa shape index (κ3) is 4.93. The first kappa shape index (κ1) is 21.5. The molecule has 0 bridgehead atoms. The van der Waals surface area contributed by atoms with Gasteiger partial charge in [-0.05, 0) is 50.2 Å². The van der Waals surface area contributed by atoms with Crippen molar-refractivity contribution in [2.75, 3.05) is 26.2 Å². The minimum atomic E-state index is -1.10. The van der Waals surface area contributed by atoms with E-state index in [1.165, 1.54) is 4.90 Å². The summed E-state index contributed by atoms with van der Waals surface area (Å²) in [6, 6.07) is 3.78. The number of nitrogens with zero attached hydrogens (tertiary/aromatic N) is 2. The van der Waals surface area contributed by atoms with E-state index in [0.29, 0.717) is 29.3 Å². The summed E-state index contributed by atoms with van der Waals surface area (Å²) < 4.78 is 5.94. The van der Waals surface area contributed by atoms with Crippen LogP contribution in [0.3, 0.4) is 0 Å². The topological polar surface area (TPSA) is 70.1 Å². The van der Waals surface area contributed by atoms with E-state index in [1.54, 1.807) is 18.2 Å². The number of benzene rings is 1. The molecule has 1 aromatic rings. The van der Waals surface area contributed by atoms with Crippen LogP contribution in [0.25, 0.3) is 0 Å². The molecule has 1 heterocycles. The summed E-state index contributed by atoms with van der Waals surface area (Å²) in [5.41, 5.74) is 0.425. The Balaban J connectivity index is 2.39. The maximum absolute atomic E-state index is 13.2. The van der Waals surface area contributed by atoms with Gasteiger partial charge in [-0.15, -0.1) is 0 Å². The molecule has 0 radical (unpaired) electrons. The van der Waals surface area contributed by atoms with Crippen molar-refractivity contribution in [1.82, 2.24) is 9.80 Å². The number of carboxylic acids is 1. The number of carboxylic acid groups (broad SMARTS) is 1. The second-order valence-corrected chi connectivity index (χ2v) is 7.55. The highest BCUT2D eigenvalue weighted by atomic mass is 35.5. The predicted octanol–water partition coefficient (Wildman–Crippen LogP) is 3.44. The van der Waals surface area contributed by atoms with E-state index in [9.17, 15) is 14.7 Å². The van der Waals surface area contributed by atoms with Crippen molar-refractivity contribution >= 4 is 23.5 Å². The molecule has 1 aliphatic rings. The molecule has 1 amide bonds. The lowest BCUT2D eigenvalue weighted by molar-refractivity contribution is -0.153. The van der Waals surface area contributed by atoms with E-state index in [1.807, 2.05) is 13.8 Å². The van der Waals surface area contributed by atoms with E-state index in [4.69, 9.17) is 16.3 Å². The van der Waals surface area contributed by atoms with Gasteiger partial charge in [0.15, 0.2) is 12.1 Å². The molecule has 0 aliphatic carbocycles. The smallest absolute Gasteiger partial charge is 0.331 e. The van der Waals surface area contributed by atoms with Crippen molar-refractivity contribution in [1.29, 1.82) is 0 Å². The fourth-order valence-corrected chi connectivity index (χ4v) is 3.60. The number of amides is 1. The third-order valence-corrected chi connectivity index (χ3v) is 5.20. The zero-order valence-corrected chi connectivity index (χ0v) is 17.2. The van der Waals surface area contributed by atoms with Crippen LogP contribution in [-0.4, -0.2) is 59.1 Å². The average molecular weight is 397 g/mol. The van der Waals surface area contributed by atoms with Gasteiger partial charge in [0.1, 0.15) is 5.75 Å². The van der Waals surface area contributed by atoms with Crippen LogP contribution in [0.5, 0.6) is 5.75 Å². The van der Waals surface area contributed by atoms with E-state index in [0.717, 1.165) is 19.6 Å². The maximum Gasteiger partial charge on any atom is 0.331 e. The number of rotatable bonds is 8. The molecule has 2 unspecified atom stereocenters. The highest BCUT2D eigenvalue weighted by Gasteiger charge is 2.41. The lowest BCUT2D eigenvalue weighted by Gasteiger charge is -2.30. The molecule has 2 atom stereocenters. The van der Waals surface area contributed by atoms with Gasteiger partial charge in [0.25, 0.3) is 5.91 Å². The molecule has 27 heavy (non-hydrogen) atoms. The molecule has 1 N–H and O–H groups in total. The molecule has 0 spiro atoms. The van der Waals surface area contributed by atoms with E-state index < -0.39 is 18.1 Å². The molecule has 7 heteroatoms. The summed E-state index contributed by atoms with van der Waals surface area (Å²) in [5, 5.41) is 10.3. The van der Waals surface area contributed by atoms with Gasteiger partial charge in [0.05, 0.1) is 0 Å². The monoisotopic (exact) mass is 396 g/mol. The zero-order chi connectivity index (χ0) is 20.1. The molecule has 1 aromatic carbocycles. The van der Waals surface area contributed by atoms with Crippen LogP contribution >= 0.6 is 11.6 Å². The van der Waals surface area contributed by atoms with Gasteiger partial charge >= 0.3 is 5.97 Å². The first-order valence-electron chi connectivity index (χ1n) is 9.51. The van der Waals surface area contributed by atoms with Gasteiger partial charge in [-0.1, -0.05) is 39.3 Å². The third-order valence-electron chi connectivity index (χ3n) is 4.97. The number of ether oxygens (including phenoxy) is 1. The fourth-order valence-electron chi connectivity index (χ4n) is 3.42. The zero-order valence-electron chi connectivity index (χ0n) is 16.4. The Morgan fingerprint density at radius 2 is 2.00 bits per heavy atom. The van der Waals surface area contributed by atoms with Crippen LogP contribution < -0.4 is 4.74 Å². The SMILES string of the molecule is CCN(CC)CCCN1C(=O)C(C(C)C)Oc2ccc(Cl)cc2C1C(=O)O. The van der Waals surface area contributed by atoms with Gasteiger partial charge in [-0.25, -0.2) is 4.79 Å². The highest BCUT2D eigenvalue weighted by molar-refractivity contribution is 6.30. The van der Waals surface area contributed by atoms with Gasteiger partial charge in [0, 0.05) is 17.1 Å². The fraction of sp³-hybridized carbons (Fsp3) is 0.600. The number of carbonyl (C=O) groups is 2. The van der Waals surface area contributed by atoms with Crippen LogP contribution in [0, 0.1) is 5.92 Å². The number of halogens is 1. The second-order valence-electron chi connectivity index (χ2n) is 7.12. The summed E-state index contributed by atoms with van der Waals surface area (Å²) in [6.45, 7) is 11.0. The first-order valence-corrected chi connectivity index (χ1v) is 9.89. The Kier molecular flexibility index (Phi) is 7.50. The summed E-state index contributed by atoms with van der Waals surface area (Å²) in [7, 11) is 0. The van der Waals surface area contributed by atoms with E-state index >= 15 is 0 Å². The summed E-state index contributed by atoms with van der Waals surface area (Å²) in [5.74, 6) is -1.05. The Labute approximate surface area is 166 Å². The van der Waals surface area contributed by atoms with Crippen molar-refractivity contribution in [3.05, 3.63) is 28.8 Å². The molecule has 1 aliphatic heterocycles. The van der Waals surface area contributed by atoms with E-state index in [-0.39, 0.29) is 11.8 Å².